The SMILES string of the molecule is Cc1ccccc1C(=O)Nc1cccnc1Nc1ccc(O)cc1. The molecule has 0 atom stereocenters. The minimum Gasteiger partial charge on any atom is -0.508 e. The third kappa shape index (κ3) is 3.52. The lowest BCUT2D eigenvalue weighted by atomic mass is 10.1. The van der Waals surface area contributed by atoms with Crippen molar-refractivity contribution in [2.24, 2.45) is 0 Å². The number of carbonyl (C=O) groups excluding carboxylic acids is 1. The van der Waals surface area contributed by atoms with Crippen molar-refractivity contribution in [1.82, 2.24) is 4.98 Å². The first kappa shape index (κ1) is 15.6. The van der Waals surface area contributed by atoms with Gasteiger partial charge in [0.15, 0.2) is 5.82 Å². The fourth-order valence-corrected chi connectivity index (χ4v) is 2.30. The number of amides is 1. The van der Waals surface area contributed by atoms with E-state index in [1.54, 1.807) is 48.7 Å². The predicted molar refractivity (Wildman–Crippen MR) is 94.8 cm³/mol. The molecule has 0 saturated carbocycles. The molecule has 0 fully saturated rings. The Hall–Kier alpha value is -3.34. The van der Waals surface area contributed by atoms with E-state index in [4.69, 9.17) is 0 Å². The molecule has 0 saturated heterocycles. The van der Waals surface area contributed by atoms with Crippen LogP contribution >= 0.6 is 0 Å². The van der Waals surface area contributed by atoms with Crippen LogP contribution in [-0.2, 0) is 0 Å². The second-order valence-electron chi connectivity index (χ2n) is 5.34. The van der Waals surface area contributed by atoms with Crippen LogP contribution in [-0.4, -0.2) is 16.0 Å². The first-order valence-electron chi connectivity index (χ1n) is 7.51. The Balaban J connectivity index is 1.83. The highest BCUT2D eigenvalue weighted by atomic mass is 16.3. The van der Waals surface area contributed by atoms with Gasteiger partial charge in [0.05, 0.1) is 5.69 Å². The number of aromatic nitrogens is 1. The Morgan fingerprint density at radius 2 is 1.75 bits per heavy atom. The number of nitrogens with one attached hydrogen (secondary N) is 2. The minimum absolute atomic E-state index is 0.185. The molecule has 0 radical (unpaired) electrons. The highest BCUT2D eigenvalue weighted by molar-refractivity contribution is 6.06. The van der Waals surface area contributed by atoms with E-state index in [-0.39, 0.29) is 11.7 Å². The second-order valence-corrected chi connectivity index (χ2v) is 5.34. The van der Waals surface area contributed by atoms with Crippen LogP contribution in [0.2, 0.25) is 0 Å². The molecule has 1 aromatic heterocycles. The number of carbonyl (C=O) groups is 1. The zero-order valence-electron chi connectivity index (χ0n) is 13.2. The van der Waals surface area contributed by atoms with Gasteiger partial charge in [-0.2, -0.15) is 0 Å². The molecule has 3 N–H and O–H groups in total. The molecular formula is C19H17N3O2. The van der Waals surface area contributed by atoms with Crippen LogP contribution in [0.3, 0.4) is 0 Å². The third-order valence-corrected chi connectivity index (χ3v) is 3.58. The Morgan fingerprint density at radius 3 is 2.50 bits per heavy atom. The number of rotatable bonds is 4. The first-order chi connectivity index (χ1) is 11.6. The largest absolute Gasteiger partial charge is 0.508 e. The summed E-state index contributed by atoms with van der Waals surface area (Å²) in [5.41, 5.74) is 2.88. The van der Waals surface area contributed by atoms with Crippen molar-refractivity contribution < 1.29 is 9.90 Å². The van der Waals surface area contributed by atoms with Crippen LogP contribution < -0.4 is 10.6 Å². The van der Waals surface area contributed by atoms with E-state index < -0.39 is 0 Å². The summed E-state index contributed by atoms with van der Waals surface area (Å²) >= 11 is 0. The smallest absolute Gasteiger partial charge is 0.256 e. The van der Waals surface area contributed by atoms with Crippen LogP contribution in [0.1, 0.15) is 15.9 Å². The van der Waals surface area contributed by atoms with Crippen LogP contribution in [0.5, 0.6) is 5.75 Å². The predicted octanol–water partition coefficient (Wildman–Crippen LogP) is 4.09. The molecule has 0 unspecified atom stereocenters. The number of hydrogen-bond donors (Lipinski definition) is 3. The number of aromatic hydroxyl groups is 1. The zero-order chi connectivity index (χ0) is 16.9. The molecule has 5 heteroatoms. The Kier molecular flexibility index (Phi) is 4.43. The van der Waals surface area contributed by atoms with E-state index in [1.807, 2.05) is 25.1 Å². The normalized spacial score (nSPS) is 10.2. The number of nitrogens with zero attached hydrogens (tertiary/aromatic N) is 1. The molecule has 5 nitrogen and oxygen atoms in total. The lowest BCUT2D eigenvalue weighted by Gasteiger charge is -2.13. The van der Waals surface area contributed by atoms with Gasteiger partial charge in [-0.1, -0.05) is 18.2 Å². The van der Waals surface area contributed by atoms with Gasteiger partial charge in [0.2, 0.25) is 0 Å². The van der Waals surface area contributed by atoms with Crippen molar-refractivity contribution in [2.75, 3.05) is 10.6 Å². The molecule has 1 heterocycles. The quantitative estimate of drug-likeness (QED) is 0.633. The van der Waals surface area contributed by atoms with Crippen molar-refractivity contribution in [3.8, 4) is 5.75 Å². The summed E-state index contributed by atoms with van der Waals surface area (Å²) in [5, 5.41) is 15.4. The topological polar surface area (TPSA) is 74.2 Å². The van der Waals surface area contributed by atoms with E-state index >= 15 is 0 Å². The van der Waals surface area contributed by atoms with E-state index in [9.17, 15) is 9.90 Å². The highest BCUT2D eigenvalue weighted by Gasteiger charge is 2.11. The van der Waals surface area contributed by atoms with Gasteiger partial charge in [-0.15, -0.1) is 0 Å². The van der Waals surface area contributed by atoms with Gasteiger partial charge in [-0.05, 0) is 55.0 Å². The summed E-state index contributed by atoms with van der Waals surface area (Å²) in [6.45, 7) is 1.90. The van der Waals surface area contributed by atoms with Gasteiger partial charge in [-0.3, -0.25) is 4.79 Å². The molecule has 0 spiro atoms. The fraction of sp³-hybridized carbons (Fsp3) is 0.0526. The van der Waals surface area contributed by atoms with Crippen LogP contribution in [0, 0.1) is 6.92 Å². The van der Waals surface area contributed by atoms with Gasteiger partial charge in [0, 0.05) is 17.4 Å². The van der Waals surface area contributed by atoms with Gasteiger partial charge < -0.3 is 15.7 Å². The van der Waals surface area contributed by atoms with Crippen LogP contribution in [0.4, 0.5) is 17.2 Å². The van der Waals surface area contributed by atoms with Gasteiger partial charge >= 0.3 is 0 Å². The average molecular weight is 319 g/mol. The number of hydrogen-bond acceptors (Lipinski definition) is 4. The van der Waals surface area contributed by atoms with E-state index in [1.165, 1.54) is 0 Å². The Bertz CT molecular complexity index is 860. The number of phenolic OH excluding ortho intramolecular Hbond substituents is 1. The number of anilines is 3. The summed E-state index contributed by atoms with van der Waals surface area (Å²) in [6.07, 6.45) is 1.65. The maximum Gasteiger partial charge on any atom is 0.256 e. The van der Waals surface area contributed by atoms with Gasteiger partial charge in [0.25, 0.3) is 5.91 Å². The molecule has 2 aromatic carbocycles. The number of pyridine rings is 1. The minimum atomic E-state index is -0.185. The van der Waals surface area contributed by atoms with Crippen molar-refractivity contribution in [1.29, 1.82) is 0 Å². The molecule has 3 rings (SSSR count). The second kappa shape index (κ2) is 6.83. The molecule has 0 bridgehead atoms. The average Bonchev–Trinajstić information content (AvgIpc) is 2.59. The summed E-state index contributed by atoms with van der Waals surface area (Å²) < 4.78 is 0. The number of phenols is 1. The van der Waals surface area contributed by atoms with Gasteiger partial charge in [-0.25, -0.2) is 4.98 Å². The van der Waals surface area contributed by atoms with Crippen LogP contribution in [0.25, 0.3) is 0 Å². The molecule has 3 aromatic rings. The van der Waals surface area contributed by atoms with Crippen molar-refractivity contribution in [3.05, 3.63) is 78.0 Å². The van der Waals surface area contributed by atoms with E-state index in [0.29, 0.717) is 17.1 Å². The zero-order valence-corrected chi connectivity index (χ0v) is 13.2. The fourth-order valence-electron chi connectivity index (χ4n) is 2.30. The molecule has 120 valence electrons. The molecule has 1 amide bonds. The third-order valence-electron chi connectivity index (χ3n) is 3.58. The molecule has 0 aliphatic rings. The maximum atomic E-state index is 12.5. The Morgan fingerprint density at radius 1 is 1.00 bits per heavy atom. The van der Waals surface area contributed by atoms with Crippen LogP contribution in [0.15, 0.2) is 66.9 Å². The van der Waals surface area contributed by atoms with Crippen molar-refractivity contribution in [3.63, 3.8) is 0 Å². The monoisotopic (exact) mass is 319 g/mol. The van der Waals surface area contributed by atoms with Gasteiger partial charge in [0.1, 0.15) is 5.75 Å². The molecule has 0 aliphatic heterocycles. The first-order valence-corrected chi connectivity index (χ1v) is 7.51. The number of aryl methyl sites for hydroxylation is 1. The maximum absolute atomic E-state index is 12.5. The Labute approximate surface area is 140 Å². The summed E-state index contributed by atoms with van der Waals surface area (Å²) in [6, 6.07) is 17.6. The van der Waals surface area contributed by atoms with Crippen molar-refractivity contribution in [2.45, 2.75) is 6.92 Å². The lowest BCUT2D eigenvalue weighted by Crippen LogP contribution is -2.14. The molecule has 24 heavy (non-hydrogen) atoms. The highest BCUT2D eigenvalue weighted by Crippen LogP contribution is 2.24. The summed E-state index contributed by atoms with van der Waals surface area (Å²) in [7, 11) is 0. The van der Waals surface area contributed by atoms with E-state index in [2.05, 4.69) is 15.6 Å². The molecular weight excluding hydrogens is 302 g/mol. The lowest BCUT2D eigenvalue weighted by molar-refractivity contribution is 0.102. The van der Waals surface area contributed by atoms with Crippen molar-refractivity contribution >= 4 is 23.1 Å². The summed E-state index contributed by atoms with van der Waals surface area (Å²) in [4.78, 5) is 16.8. The standard InChI is InChI=1S/C19H17N3O2/c1-13-5-2-3-6-16(13)19(24)22-17-7-4-12-20-18(17)21-14-8-10-15(23)11-9-14/h2-12,23H,1H3,(H,20,21)(H,22,24). The number of benzene rings is 2. The van der Waals surface area contributed by atoms with E-state index in [0.717, 1.165) is 11.3 Å². The molecule has 0 aliphatic carbocycles. The summed E-state index contributed by atoms with van der Waals surface area (Å²) in [5.74, 6) is 0.537.